The molecule has 5 rings (SSSR count). The van der Waals surface area contributed by atoms with Gasteiger partial charge in [-0.15, -0.1) is 0 Å². The van der Waals surface area contributed by atoms with Crippen molar-refractivity contribution >= 4 is 22.2 Å². The molecule has 138 valence electrons. The molecule has 0 radical (unpaired) electrons. The lowest BCUT2D eigenvalue weighted by Gasteiger charge is -2.09. The lowest BCUT2D eigenvalue weighted by Crippen LogP contribution is -2.04. The van der Waals surface area contributed by atoms with Crippen molar-refractivity contribution in [3.8, 4) is 11.6 Å². The molecule has 0 amide bonds. The van der Waals surface area contributed by atoms with Crippen molar-refractivity contribution in [2.75, 3.05) is 7.11 Å². The van der Waals surface area contributed by atoms with E-state index < -0.39 is 0 Å². The zero-order valence-corrected chi connectivity index (χ0v) is 15.4. The van der Waals surface area contributed by atoms with E-state index in [1.54, 1.807) is 19.5 Å². The summed E-state index contributed by atoms with van der Waals surface area (Å²) in [6.07, 6.45) is 7.03. The molecule has 0 aliphatic carbocycles. The predicted octanol–water partition coefficient (Wildman–Crippen LogP) is 2.93. The first kappa shape index (κ1) is 16.4. The maximum absolute atomic E-state index is 5.42. The van der Waals surface area contributed by atoms with Gasteiger partial charge in [-0.2, -0.15) is 4.98 Å². The molecule has 5 aromatic rings. The van der Waals surface area contributed by atoms with E-state index in [4.69, 9.17) is 4.74 Å². The van der Waals surface area contributed by atoms with E-state index >= 15 is 0 Å². The van der Waals surface area contributed by atoms with Gasteiger partial charge in [0.25, 0.3) is 0 Å². The summed E-state index contributed by atoms with van der Waals surface area (Å²) < 4.78 is 9.52. The number of hydrogen-bond donors (Lipinski definition) is 0. The molecule has 0 aliphatic rings. The number of rotatable bonds is 4. The topological polar surface area (TPSA) is 83.5 Å². The Labute approximate surface area is 160 Å². The monoisotopic (exact) mass is 371 g/mol. The molecule has 0 fully saturated rings. The predicted molar refractivity (Wildman–Crippen MR) is 105 cm³/mol. The Balaban J connectivity index is 1.67. The smallest absolute Gasteiger partial charge is 0.241 e. The highest BCUT2D eigenvalue weighted by Gasteiger charge is 2.14. The molecule has 0 aliphatic heterocycles. The molecule has 5 aromatic heterocycles. The van der Waals surface area contributed by atoms with Crippen LogP contribution in [0.4, 0.5) is 0 Å². The molecule has 0 spiro atoms. The standard InChI is InChI=1S/C20H17N7O/c1-13-25-19-17(27(13)11-14-5-3-4-7-21-14)9-15(10-22-19)26-8-6-16-18(26)20(28-2)24-12-23-16/h3-10,12H,11H2,1-2H3. The van der Waals surface area contributed by atoms with Crippen molar-refractivity contribution in [3.05, 3.63) is 66.8 Å². The fourth-order valence-electron chi connectivity index (χ4n) is 3.40. The summed E-state index contributed by atoms with van der Waals surface area (Å²) >= 11 is 0. The molecule has 0 saturated heterocycles. The van der Waals surface area contributed by atoms with Crippen LogP contribution < -0.4 is 4.74 Å². The minimum absolute atomic E-state index is 0.522. The third-order valence-corrected chi connectivity index (χ3v) is 4.74. The highest BCUT2D eigenvalue weighted by atomic mass is 16.5. The van der Waals surface area contributed by atoms with Crippen molar-refractivity contribution in [1.82, 2.24) is 34.1 Å². The van der Waals surface area contributed by atoms with Gasteiger partial charge in [0.1, 0.15) is 17.7 Å². The number of aryl methyl sites for hydroxylation is 1. The van der Waals surface area contributed by atoms with E-state index in [2.05, 4.69) is 35.6 Å². The summed E-state index contributed by atoms with van der Waals surface area (Å²) in [6.45, 7) is 2.61. The molecule has 28 heavy (non-hydrogen) atoms. The van der Waals surface area contributed by atoms with Gasteiger partial charge in [0.2, 0.25) is 5.88 Å². The molecule has 0 bridgehead atoms. The molecular formula is C20H17N7O. The van der Waals surface area contributed by atoms with Gasteiger partial charge in [0, 0.05) is 12.4 Å². The number of nitrogens with zero attached hydrogens (tertiary/aromatic N) is 7. The van der Waals surface area contributed by atoms with Crippen molar-refractivity contribution in [1.29, 1.82) is 0 Å². The number of ether oxygens (including phenoxy) is 1. The fourth-order valence-corrected chi connectivity index (χ4v) is 3.40. The van der Waals surface area contributed by atoms with Gasteiger partial charge in [-0.3, -0.25) is 4.98 Å². The number of fused-ring (bicyclic) bond motifs is 2. The van der Waals surface area contributed by atoms with Crippen LogP contribution in [-0.4, -0.2) is 41.2 Å². The lowest BCUT2D eigenvalue weighted by molar-refractivity contribution is 0.401. The van der Waals surface area contributed by atoms with Gasteiger partial charge in [0.05, 0.1) is 42.3 Å². The van der Waals surface area contributed by atoms with Crippen molar-refractivity contribution in [3.63, 3.8) is 0 Å². The molecular weight excluding hydrogens is 354 g/mol. The van der Waals surface area contributed by atoms with E-state index in [-0.39, 0.29) is 0 Å². The maximum atomic E-state index is 5.42. The molecule has 0 N–H and O–H groups in total. The quantitative estimate of drug-likeness (QED) is 0.483. The Bertz CT molecular complexity index is 1290. The van der Waals surface area contributed by atoms with Crippen LogP contribution in [0.25, 0.3) is 27.9 Å². The minimum atomic E-state index is 0.522. The van der Waals surface area contributed by atoms with Crippen LogP contribution >= 0.6 is 0 Å². The van der Waals surface area contributed by atoms with Crippen LogP contribution in [0.1, 0.15) is 11.5 Å². The Morgan fingerprint density at radius 3 is 2.82 bits per heavy atom. The first-order valence-corrected chi connectivity index (χ1v) is 8.84. The Hall–Kier alpha value is -3.81. The molecule has 0 aromatic carbocycles. The normalized spacial score (nSPS) is 11.4. The average molecular weight is 371 g/mol. The lowest BCUT2D eigenvalue weighted by atomic mass is 10.3. The zero-order chi connectivity index (χ0) is 19.1. The number of pyridine rings is 2. The Morgan fingerprint density at radius 2 is 2.00 bits per heavy atom. The van der Waals surface area contributed by atoms with Crippen LogP contribution in [0.3, 0.4) is 0 Å². The summed E-state index contributed by atoms with van der Waals surface area (Å²) in [4.78, 5) is 22.1. The number of methoxy groups -OCH3 is 1. The average Bonchev–Trinajstić information content (AvgIpc) is 3.30. The van der Waals surface area contributed by atoms with E-state index in [0.29, 0.717) is 18.1 Å². The van der Waals surface area contributed by atoms with Gasteiger partial charge in [0.15, 0.2) is 5.65 Å². The molecule has 0 unspecified atom stereocenters. The zero-order valence-electron chi connectivity index (χ0n) is 15.4. The first-order chi connectivity index (χ1) is 13.7. The first-order valence-electron chi connectivity index (χ1n) is 8.84. The third-order valence-electron chi connectivity index (χ3n) is 4.74. The summed E-state index contributed by atoms with van der Waals surface area (Å²) in [5.74, 6) is 1.41. The summed E-state index contributed by atoms with van der Waals surface area (Å²) in [5, 5.41) is 0. The van der Waals surface area contributed by atoms with Crippen molar-refractivity contribution in [2.45, 2.75) is 13.5 Å². The van der Waals surface area contributed by atoms with Crippen LogP contribution in [0.2, 0.25) is 0 Å². The number of aromatic nitrogens is 7. The molecule has 8 heteroatoms. The molecule has 5 heterocycles. The van der Waals surface area contributed by atoms with E-state index in [1.807, 2.05) is 42.0 Å². The Kier molecular flexibility index (Phi) is 3.75. The third kappa shape index (κ3) is 2.58. The second-order valence-corrected chi connectivity index (χ2v) is 6.41. The fraction of sp³-hybridized carbons (Fsp3) is 0.150. The summed E-state index contributed by atoms with van der Waals surface area (Å²) in [6, 6.07) is 9.90. The molecule has 8 nitrogen and oxygen atoms in total. The summed E-state index contributed by atoms with van der Waals surface area (Å²) in [5.41, 5.74) is 5.12. The highest BCUT2D eigenvalue weighted by Crippen LogP contribution is 2.27. The number of imidazole rings is 1. The Morgan fingerprint density at radius 1 is 1.07 bits per heavy atom. The second kappa shape index (κ2) is 6.41. The minimum Gasteiger partial charge on any atom is -0.479 e. The summed E-state index contributed by atoms with van der Waals surface area (Å²) in [7, 11) is 1.60. The van der Waals surface area contributed by atoms with Gasteiger partial charge in [-0.05, 0) is 31.2 Å². The van der Waals surface area contributed by atoms with E-state index in [0.717, 1.165) is 33.8 Å². The largest absolute Gasteiger partial charge is 0.479 e. The van der Waals surface area contributed by atoms with Gasteiger partial charge in [-0.25, -0.2) is 15.0 Å². The van der Waals surface area contributed by atoms with Gasteiger partial charge in [-0.1, -0.05) is 6.07 Å². The van der Waals surface area contributed by atoms with E-state index in [1.165, 1.54) is 6.33 Å². The van der Waals surface area contributed by atoms with Crippen LogP contribution in [0.5, 0.6) is 5.88 Å². The van der Waals surface area contributed by atoms with Crippen molar-refractivity contribution < 1.29 is 4.74 Å². The van der Waals surface area contributed by atoms with Gasteiger partial charge >= 0.3 is 0 Å². The SMILES string of the molecule is COc1ncnc2ccn(-c3cnc4nc(C)n(Cc5ccccn5)c4c3)c12. The highest BCUT2D eigenvalue weighted by molar-refractivity contribution is 5.83. The molecule has 0 atom stereocenters. The van der Waals surface area contributed by atoms with E-state index in [9.17, 15) is 0 Å². The van der Waals surface area contributed by atoms with Crippen LogP contribution in [0.15, 0.2) is 55.2 Å². The van der Waals surface area contributed by atoms with Gasteiger partial charge < -0.3 is 13.9 Å². The van der Waals surface area contributed by atoms with Crippen molar-refractivity contribution in [2.24, 2.45) is 0 Å². The maximum Gasteiger partial charge on any atom is 0.241 e. The number of hydrogen-bond acceptors (Lipinski definition) is 6. The van der Waals surface area contributed by atoms with Crippen LogP contribution in [0, 0.1) is 6.92 Å². The second-order valence-electron chi connectivity index (χ2n) is 6.41. The molecule has 0 saturated carbocycles. The van der Waals surface area contributed by atoms with Crippen LogP contribution in [-0.2, 0) is 6.54 Å².